The van der Waals surface area contributed by atoms with Gasteiger partial charge in [0.2, 0.25) is 23.6 Å². The second-order valence-corrected chi connectivity index (χ2v) is 8.37. The van der Waals surface area contributed by atoms with Crippen molar-refractivity contribution < 1.29 is 34.2 Å². The summed E-state index contributed by atoms with van der Waals surface area (Å²) in [4.78, 5) is 59.8. The van der Waals surface area contributed by atoms with E-state index in [-0.39, 0.29) is 19.3 Å². The summed E-state index contributed by atoms with van der Waals surface area (Å²) in [7, 11) is 0. The maximum Gasteiger partial charge on any atom is 0.326 e. The van der Waals surface area contributed by atoms with Gasteiger partial charge in [-0.15, -0.1) is 0 Å². The van der Waals surface area contributed by atoms with Crippen LogP contribution in [0.4, 0.5) is 0 Å². The highest BCUT2D eigenvalue weighted by molar-refractivity contribution is 7.98. The van der Waals surface area contributed by atoms with E-state index in [4.69, 9.17) is 17.2 Å². The Hall–Kier alpha value is -2.42. The van der Waals surface area contributed by atoms with Gasteiger partial charge in [0.05, 0.1) is 12.6 Å². The second-order valence-electron chi connectivity index (χ2n) is 7.38. The van der Waals surface area contributed by atoms with Gasteiger partial charge in [-0.25, -0.2) is 4.79 Å². The molecule has 0 spiro atoms. The van der Waals surface area contributed by atoms with Crippen molar-refractivity contribution in [3.63, 3.8) is 0 Å². The lowest BCUT2D eigenvalue weighted by Crippen LogP contribution is -2.58. The van der Waals surface area contributed by atoms with Gasteiger partial charge in [-0.3, -0.25) is 19.2 Å². The normalized spacial score (nSPS) is 14.4. The number of hydrogen-bond donors (Lipinski definition) is 8. The molecule has 0 aromatic carbocycles. The van der Waals surface area contributed by atoms with Crippen molar-refractivity contribution >= 4 is 41.4 Å². The Bertz CT molecular complexity index is 667. The topological polar surface area (TPSA) is 240 Å². The first-order valence-electron chi connectivity index (χ1n) is 10.5. The zero-order valence-corrected chi connectivity index (χ0v) is 19.6. The first-order valence-corrected chi connectivity index (χ1v) is 11.9. The molecule has 0 aliphatic heterocycles. The van der Waals surface area contributed by atoms with Gasteiger partial charge in [-0.05, 0) is 44.2 Å². The van der Waals surface area contributed by atoms with E-state index in [1.165, 1.54) is 11.8 Å². The molecule has 4 atom stereocenters. The third-order valence-corrected chi connectivity index (χ3v) is 5.30. The average Bonchev–Trinajstić information content (AvgIpc) is 2.76. The molecule has 33 heavy (non-hydrogen) atoms. The van der Waals surface area contributed by atoms with Crippen LogP contribution in [0.15, 0.2) is 0 Å². The molecular weight excluding hydrogens is 456 g/mol. The molecule has 0 heterocycles. The highest BCUT2D eigenvalue weighted by Gasteiger charge is 2.30. The van der Waals surface area contributed by atoms with Crippen LogP contribution in [0.3, 0.4) is 0 Å². The molecule has 13 nitrogen and oxygen atoms in total. The van der Waals surface area contributed by atoms with E-state index in [0.717, 1.165) is 0 Å². The maximum atomic E-state index is 12.6. The zero-order valence-electron chi connectivity index (χ0n) is 18.7. The van der Waals surface area contributed by atoms with Gasteiger partial charge in [0.1, 0.15) is 18.1 Å². The van der Waals surface area contributed by atoms with Crippen LogP contribution < -0.4 is 33.2 Å². The lowest BCUT2D eigenvalue weighted by atomic mass is 10.1. The summed E-state index contributed by atoms with van der Waals surface area (Å²) in [6.07, 6.45) is 3.15. The fourth-order valence-corrected chi connectivity index (χ4v) is 3.18. The van der Waals surface area contributed by atoms with Crippen molar-refractivity contribution in [3.05, 3.63) is 0 Å². The Labute approximate surface area is 196 Å². The van der Waals surface area contributed by atoms with E-state index in [1.54, 1.807) is 6.26 Å². The van der Waals surface area contributed by atoms with Gasteiger partial charge in [-0.2, -0.15) is 11.8 Å². The number of amides is 4. The largest absolute Gasteiger partial charge is 0.480 e. The lowest BCUT2D eigenvalue weighted by Gasteiger charge is -2.24. The minimum Gasteiger partial charge on any atom is -0.480 e. The predicted octanol–water partition coefficient (Wildman–Crippen LogP) is -3.01. The summed E-state index contributed by atoms with van der Waals surface area (Å²) < 4.78 is 0. The number of carbonyl (C=O) groups excluding carboxylic acids is 4. The first-order chi connectivity index (χ1) is 15.6. The van der Waals surface area contributed by atoms with E-state index < -0.39 is 60.4 Å². The van der Waals surface area contributed by atoms with E-state index in [2.05, 4.69) is 16.0 Å². The number of aliphatic carboxylic acids is 1. The minimum atomic E-state index is -1.38. The predicted molar refractivity (Wildman–Crippen MR) is 123 cm³/mol. The van der Waals surface area contributed by atoms with Crippen LogP contribution >= 0.6 is 11.8 Å². The smallest absolute Gasteiger partial charge is 0.326 e. The minimum absolute atomic E-state index is 0.158. The summed E-state index contributed by atoms with van der Waals surface area (Å²) in [5.41, 5.74) is 16.2. The molecule has 0 fully saturated rings. The fraction of sp³-hybridized carbons (Fsp3) is 0.737. The summed E-state index contributed by atoms with van der Waals surface area (Å²) in [6.45, 7) is -0.277. The summed E-state index contributed by atoms with van der Waals surface area (Å²) in [6, 6.07) is -4.76. The van der Waals surface area contributed by atoms with Gasteiger partial charge in [0.15, 0.2) is 0 Å². The molecule has 4 amide bonds. The number of aliphatic hydroxyl groups is 1. The summed E-state index contributed by atoms with van der Waals surface area (Å²) in [5, 5.41) is 25.9. The van der Waals surface area contributed by atoms with Gasteiger partial charge in [0, 0.05) is 6.42 Å². The third-order valence-electron chi connectivity index (χ3n) is 4.66. The first kappa shape index (κ1) is 30.6. The van der Waals surface area contributed by atoms with Crippen molar-refractivity contribution in [1.29, 1.82) is 0 Å². The van der Waals surface area contributed by atoms with E-state index >= 15 is 0 Å². The number of rotatable bonds is 18. The maximum absolute atomic E-state index is 12.6. The van der Waals surface area contributed by atoms with Gasteiger partial charge >= 0.3 is 5.97 Å². The monoisotopic (exact) mass is 492 g/mol. The molecule has 0 saturated heterocycles. The van der Waals surface area contributed by atoms with E-state index in [0.29, 0.717) is 31.6 Å². The number of thioether (sulfide) groups is 1. The highest BCUT2D eigenvalue weighted by atomic mass is 32.2. The van der Waals surface area contributed by atoms with Crippen molar-refractivity contribution in [2.75, 3.05) is 25.2 Å². The van der Waals surface area contributed by atoms with Crippen LogP contribution in [-0.2, 0) is 24.0 Å². The molecule has 0 aliphatic rings. The van der Waals surface area contributed by atoms with Crippen molar-refractivity contribution in [1.82, 2.24) is 16.0 Å². The Balaban J connectivity index is 5.14. The lowest BCUT2D eigenvalue weighted by molar-refractivity contribution is -0.142. The molecule has 190 valence electrons. The zero-order chi connectivity index (χ0) is 25.4. The number of nitrogens with two attached hydrogens (primary N) is 3. The number of hydrogen-bond acceptors (Lipinski definition) is 9. The van der Waals surface area contributed by atoms with Crippen LogP contribution in [0.2, 0.25) is 0 Å². The molecular formula is C19H36N6O7S. The quantitative estimate of drug-likeness (QED) is 0.0901. The number of unbranched alkanes of at least 4 members (excludes halogenated alkanes) is 1. The highest BCUT2D eigenvalue weighted by Crippen LogP contribution is 2.05. The Kier molecular flexibility index (Phi) is 15.9. The van der Waals surface area contributed by atoms with Crippen LogP contribution in [0, 0.1) is 0 Å². The molecule has 0 rings (SSSR count). The molecule has 0 bridgehead atoms. The number of nitrogens with one attached hydrogen (secondary N) is 3. The third kappa shape index (κ3) is 13.0. The van der Waals surface area contributed by atoms with Crippen LogP contribution in [-0.4, -0.2) is 89.1 Å². The van der Waals surface area contributed by atoms with Crippen LogP contribution in [0.25, 0.3) is 0 Å². The van der Waals surface area contributed by atoms with Gasteiger partial charge in [-0.1, -0.05) is 6.42 Å². The Morgan fingerprint density at radius 3 is 1.97 bits per heavy atom. The molecule has 11 N–H and O–H groups in total. The fourth-order valence-electron chi connectivity index (χ4n) is 2.71. The van der Waals surface area contributed by atoms with Crippen LogP contribution in [0.1, 0.15) is 38.5 Å². The number of aliphatic hydroxyl groups excluding tert-OH is 1. The van der Waals surface area contributed by atoms with Gasteiger partial charge in [0.25, 0.3) is 0 Å². The van der Waals surface area contributed by atoms with Crippen molar-refractivity contribution in [3.8, 4) is 0 Å². The molecule has 0 aromatic rings. The second kappa shape index (κ2) is 17.1. The van der Waals surface area contributed by atoms with Crippen molar-refractivity contribution in [2.45, 2.75) is 62.7 Å². The molecule has 14 heteroatoms. The molecule has 0 aliphatic carbocycles. The number of carboxylic acids is 1. The summed E-state index contributed by atoms with van der Waals surface area (Å²) >= 11 is 1.40. The number of carboxylic acid groups (broad SMARTS) is 1. The summed E-state index contributed by atoms with van der Waals surface area (Å²) in [5.74, 6) is -3.86. The molecule has 4 unspecified atom stereocenters. The Morgan fingerprint density at radius 1 is 0.879 bits per heavy atom. The van der Waals surface area contributed by atoms with Gasteiger partial charge < -0.3 is 43.4 Å². The van der Waals surface area contributed by atoms with Crippen molar-refractivity contribution in [2.24, 2.45) is 17.2 Å². The molecule has 0 radical (unpaired) electrons. The number of carbonyl (C=O) groups is 5. The molecule has 0 aromatic heterocycles. The average molecular weight is 493 g/mol. The standard InChI is InChI=1S/C19H36N6O7S/c1-33-9-7-12(17(29)24-13(19(31)32)5-6-15(22)27)23-18(30)14(10-26)25-16(28)11(21)4-2-3-8-20/h11-14,26H,2-10,20-21H2,1H3,(H2,22,27)(H,23,30)(H,24,29)(H,25,28)(H,31,32). The Morgan fingerprint density at radius 2 is 1.45 bits per heavy atom. The SMILES string of the molecule is CSCCC(NC(=O)C(CO)NC(=O)C(N)CCCCN)C(=O)NC(CCC(N)=O)C(=O)O. The van der Waals surface area contributed by atoms with E-state index in [1.807, 2.05) is 0 Å². The number of primary amides is 1. The van der Waals surface area contributed by atoms with E-state index in [9.17, 15) is 34.2 Å². The molecule has 0 saturated carbocycles. The van der Waals surface area contributed by atoms with Crippen LogP contribution in [0.5, 0.6) is 0 Å².